The number of aryl methyl sites for hydroxylation is 2. The summed E-state index contributed by atoms with van der Waals surface area (Å²) in [5, 5.41) is 3.61. The second-order valence-electron chi connectivity index (χ2n) is 4.87. The van der Waals surface area contributed by atoms with Crippen LogP contribution in [0.2, 0.25) is 5.02 Å². The van der Waals surface area contributed by atoms with E-state index in [2.05, 4.69) is 37.1 Å². The number of rotatable bonds is 4. The molecule has 0 aliphatic rings. The number of hydrogen-bond donors (Lipinski definition) is 1. The number of anilines is 1. The lowest BCUT2D eigenvalue weighted by atomic mass is 10.1. The molecule has 0 aliphatic carbocycles. The van der Waals surface area contributed by atoms with Gasteiger partial charge < -0.3 is 10.1 Å². The van der Waals surface area contributed by atoms with E-state index >= 15 is 0 Å². The predicted octanol–water partition coefficient (Wildman–Crippen LogP) is 4.28. The molecule has 0 saturated carbocycles. The van der Waals surface area contributed by atoms with Crippen molar-refractivity contribution in [3.63, 3.8) is 0 Å². The molecule has 0 atom stereocenters. The summed E-state index contributed by atoms with van der Waals surface area (Å²) in [4.78, 5) is 4.41. The Bertz CT molecular complexity index is 626. The highest BCUT2D eigenvalue weighted by atomic mass is 35.5. The maximum atomic E-state index is 6.15. The first-order valence-corrected chi connectivity index (χ1v) is 6.93. The van der Waals surface area contributed by atoms with E-state index in [4.69, 9.17) is 16.3 Å². The third-order valence-corrected chi connectivity index (χ3v) is 3.65. The Hall–Kier alpha value is -1.74. The fourth-order valence-corrected chi connectivity index (χ4v) is 2.18. The molecule has 0 aliphatic heterocycles. The normalized spacial score (nSPS) is 10.4. The molecule has 4 heteroatoms. The third kappa shape index (κ3) is 3.23. The summed E-state index contributed by atoms with van der Waals surface area (Å²) in [6.45, 7) is 6.56. The molecule has 1 aromatic carbocycles. The van der Waals surface area contributed by atoms with Crippen LogP contribution in [0.5, 0.6) is 5.75 Å². The number of hydrogen-bond acceptors (Lipinski definition) is 3. The van der Waals surface area contributed by atoms with Crippen LogP contribution in [-0.4, -0.2) is 12.0 Å². The monoisotopic (exact) mass is 290 g/mol. The van der Waals surface area contributed by atoms with Crippen LogP contribution in [-0.2, 0) is 6.61 Å². The molecule has 0 amide bonds. The molecule has 3 nitrogen and oxygen atoms in total. The maximum absolute atomic E-state index is 6.15. The van der Waals surface area contributed by atoms with E-state index in [1.807, 2.05) is 25.2 Å². The average Bonchev–Trinajstić information content (AvgIpc) is 2.42. The molecule has 20 heavy (non-hydrogen) atoms. The first-order chi connectivity index (χ1) is 9.51. The highest BCUT2D eigenvalue weighted by molar-refractivity contribution is 6.31. The number of ether oxygens (including phenoxy) is 1. The van der Waals surface area contributed by atoms with Gasteiger partial charge in [-0.25, -0.2) is 4.98 Å². The minimum atomic E-state index is 0.359. The van der Waals surface area contributed by atoms with Crippen molar-refractivity contribution in [2.24, 2.45) is 0 Å². The molecular weight excluding hydrogens is 272 g/mol. The third-order valence-electron chi connectivity index (χ3n) is 3.30. The van der Waals surface area contributed by atoms with E-state index in [-0.39, 0.29) is 0 Å². The number of nitrogens with zero attached hydrogens (tertiary/aromatic N) is 1. The summed E-state index contributed by atoms with van der Waals surface area (Å²) >= 11 is 6.15. The molecule has 0 radical (unpaired) electrons. The zero-order valence-corrected chi connectivity index (χ0v) is 13.0. The Morgan fingerprint density at radius 3 is 2.65 bits per heavy atom. The van der Waals surface area contributed by atoms with Crippen molar-refractivity contribution >= 4 is 17.4 Å². The summed E-state index contributed by atoms with van der Waals surface area (Å²) in [6.07, 6.45) is 0. The van der Waals surface area contributed by atoms with Gasteiger partial charge in [-0.1, -0.05) is 17.7 Å². The van der Waals surface area contributed by atoms with E-state index in [9.17, 15) is 0 Å². The van der Waals surface area contributed by atoms with Crippen LogP contribution in [0.15, 0.2) is 24.3 Å². The lowest BCUT2D eigenvalue weighted by Gasteiger charge is -2.13. The molecule has 1 aromatic heterocycles. The number of pyridine rings is 1. The van der Waals surface area contributed by atoms with E-state index < -0.39 is 0 Å². The van der Waals surface area contributed by atoms with Crippen molar-refractivity contribution < 1.29 is 4.74 Å². The second-order valence-corrected chi connectivity index (χ2v) is 5.28. The molecule has 106 valence electrons. The predicted molar refractivity (Wildman–Crippen MR) is 83.8 cm³/mol. The SMILES string of the molecule is CNc1ccc(Cl)c(COc2cc(C)cc(C)c2C)n1. The highest BCUT2D eigenvalue weighted by Gasteiger charge is 2.08. The Kier molecular flexibility index (Phi) is 4.50. The highest BCUT2D eigenvalue weighted by Crippen LogP contribution is 2.25. The van der Waals surface area contributed by atoms with Crippen LogP contribution >= 0.6 is 11.6 Å². The quantitative estimate of drug-likeness (QED) is 0.912. The van der Waals surface area contributed by atoms with Crippen molar-refractivity contribution in [3.05, 3.63) is 51.7 Å². The lowest BCUT2D eigenvalue weighted by molar-refractivity contribution is 0.299. The summed E-state index contributed by atoms with van der Waals surface area (Å²) < 4.78 is 5.89. The summed E-state index contributed by atoms with van der Waals surface area (Å²) in [5.74, 6) is 1.67. The van der Waals surface area contributed by atoms with E-state index in [0.29, 0.717) is 11.6 Å². The van der Waals surface area contributed by atoms with Crippen LogP contribution < -0.4 is 10.1 Å². The lowest BCUT2D eigenvalue weighted by Crippen LogP contribution is -2.03. The first-order valence-electron chi connectivity index (χ1n) is 6.55. The van der Waals surface area contributed by atoms with Crippen molar-refractivity contribution in [1.82, 2.24) is 4.98 Å². The Labute approximate surface area is 124 Å². The molecule has 0 saturated heterocycles. The van der Waals surface area contributed by atoms with Gasteiger partial charge in [0, 0.05) is 7.05 Å². The average molecular weight is 291 g/mol. The van der Waals surface area contributed by atoms with Crippen LogP contribution in [0.3, 0.4) is 0 Å². The van der Waals surface area contributed by atoms with Crippen molar-refractivity contribution in [2.75, 3.05) is 12.4 Å². The smallest absolute Gasteiger partial charge is 0.132 e. The van der Waals surface area contributed by atoms with Crippen LogP contribution in [0.1, 0.15) is 22.4 Å². The topological polar surface area (TPSA) is 34.1 Å². The van der Waals surface area contributed by atoms with Gasteiger partial charge in [-0.2, -0.15) is 0 Å². The van der Waals surface area contributed by atoms with E-state index in [1.165, 1.54) is 11.1 Å². The van der Waals surface area contributed by atoms with Gasteiger partial charge in [0.1, 0.15) is 18.2 Å². The van der Waals surface area contributed by atoms with Crippen LogP contribution in [0.4, 0.5) is 5.82 Å². The molecule has 0 spiro atoms. The fraction of sp³-hybridized carbons (Fsp3) is 0.312. The molecule has 1 N–H and O–H groups in total. The Balaban J connectivity index is 2.21. The molecule has 0 unspecified atom stereocenters. The Morgan fingerprint density at radius 1 is 1.20 bits per heavy atom. The zero-order chi connectivity index (χ0) is 14.7. The number of halogens is 1. The fourth-order valence-electron chi connectivity index (χ4n) is 2.02. The molecule has 0 fully saturated rings. The molecule has 2 aromatic rings. The van der Waals surface area contributed by atoms with Gasteiger partial charge in [-0.15, -0.1) is 0 Å². The standard InChI is InChI=1S/C16H19ClN2O/c1-10-7-11(2)12(3)15(8-10)20-9-14-13(17)5-6-16(18-4)19-14/h5-8H,9H2,1-4H3,(H,18,19). The Morgan fingerprint density at radius 2 is 1.95 bits per heavy atom. The van der Waals surface area contributed by atoms with Gasteiger partial charge in [0.25, 0.3) is 0 Å². The maximum Gasteiger partial charge on any atom is 0.132 e. The van der Waals surface area contributed by atoms with Gasteiger partial charge in [-0.05, 0) is 55.7 Å². The molecular formula is C16H19ClN2O. The van der Waals surface area contributed by atoms with Crippen LogP contribution in [0.25, 0.3) is 0 Å². The summed E-state index contributed by atoms with van der Waals surface area (Å²) in [6, 6.07) is 7.86. The molecule has 2 rings (SSSR count). The number of nitrogens with one attached hydrogen (secondary N) is 1. The summed E-state index contributed by atoms with van der Waals surface area (Å²) in [7, 11) is 1.83. The summed E-state index contributed by atoms with van der Waals surface area (Å²) in [5.41, 5.74) is 4.29. The van der Waals surface area contributed by atoms with Gasteiger partial charge >= 0.3 is 0 Å². The van der Waals surface area contributed by atoms with E-state index in [0.717, 1.165) is 22.8 Å². The first kappa shape index (κ1) is 14.7. The van der Waals surface area contributed by atoms with Gasteiger partial charge in [-0.3, -0.25) is 0 Å². The van der Waals surface area contributed by atoms with Gasteiger partial charge in [0.2, 0.25) is 0 Å². The largest absolute Gasteiger partial charge is 0.487 e. The number of benzene rings is 1. The van der Waals surface area contributed by atoms with Crippen molar-refractivity contribution in [3.8, 4) is 5.75 Å². The van der Waals surface area contributed by atoms with E-state index in [1.54, 1.807) is 0 Å². The molecule has 0 bridgehead atoms. The van der Waals surface area contributed by atoms with Gasteiger partial charge in [0.15, 0.2) is 0 Å². The minimum absolute atomic E-state index is 0.359. The van der Waals surface area contributed by atoms with Crippen molar-refractivity contribution in [1.29, 1.82) is 0 Å². The zero-order valence-electron chi connectivity index (χ0n) is 12.2. The number of aromatic nitrogens is 1. The minimum Gasteiger partial charge on any atom is -0.487 e. The molecule has 1 heterocycles. The van der Waals surface area contributed by atoms with Crippen LogP contribution in [0, 0.1) is 20.8 Å². The van der Waals surface area contributed by atoms with Crippen molar-refractivity contribution in [2.45, 2.75) is 27.4 Å². The van der Waals surface area contributed by atoms with Gasteiger partial charge in [0.05, 0.1) is 10.7 Å². The second kappa shape index (κ2) is 6.14.